The summed E-state index contributed by atoms with van der Waals surface area (Å²) >= 11 is 0. The van der Waals surface area contributed by atoms with Gasteiger partial charge in [-0.2, -0.15) is 0 Å². The largest absolute Gasteiger partial charge is 0.484 e. The second kappa shape index (κ2) is 12.2. The molecule has 0 aliphatic heterocycles. The van der Waals surface area contributed by atoms with Crippen LogP contribution in [0.15, 0.2) is 83.8 Å². The molecule has 0 aromatic heterocycles. The first kappa shape index (κ1) is 26.7. The molecular weight excluding hydrogens is 485 g/mol. The lowest BCUT2D eigenvalue weighted by Crippen LogP contribution is -2.49. The molecule has 0 aliphatic rings. The quantitative estimate of drug-likeness (QED) is 0.408. The fraction of sp³-hybridized carbons (Fsp3) is 0.231. The first-order chi connectivity index (χ1) is 17.2. The van der Waals surface area contributed by atoms with Crippen molar-refractivity contribution in [1.82, 2.24) is 10.2 Å². The molecule has 1 unspecified atom stereocenters. The molecule has 3 rings (SSSR count). The van der Waals surface area contributed by atoms with Gasteiger partial charge in [-0.15, -0.1) is 0 Å². The molecule has 0 aliphatic carbocycles. The van der Waals surface area contributed by atoms with Gasteiger partial charge in [-0.3, -0.25) is 14.3 Å². The molecule has 0 bridgehead atoms. The molecule has 2 amide bonds. The topological polar surface area (TPSA) is 105 Å². The standard InChI is InChI=1S/C26H28FN3O5S/c1-3-28-26(32)19(2)30(17-20-7-5-4-6-8-20)25(31)18-35-23-13-15-24(16-14-23)36(33,34)29-22-11-9-21(27)10-12-22/h4-16,19,29H,3,17-18H2,1-2H3,(H,28,32). The molecule has 0 spiro atoms. The second-order valence-electron chi connectivity index (χ2n) is 7.95. The maximum absolute atomic E-state index is 13.1. The van der Waals surface area contributed by atoms with Gasteiger partial charge in [-0.05, 0) is 67.9 Å². The van der Waals surface area contributed by atoms with Gasteiger partial charge >= 0.3 is 0 Å². The van der Waals surface area contributed by atoms with E-state index in [1.54, 1.807) is 13.8 Å². The number of rotatable bonds is 11. The summed E-state index contributed by atoms with van der Waals surface area (Å²) in [5, 5.41) is 2.73. The van der Waals surface area contributed by atoms with E-state index >= 15 is 0 Å². The number of nitrogens with one attached hydrogen (secondary N) is 2. The highest BCUT2D eigenvalue weighted by Crippen LogP contribution is 2.20. The Morgan fingerprint density at radius 3 is 2.22 bits per heavy atom. The van der Waals surface area contributed by atoms with Crippen LogP contribution in [0.5, 0.6) is 5.75 Å². The molecule has 0 saturated carbocycles. The zero-order valence-electron chi connectivity index (χ0n) is 20.0. The molecule has 0 fully saturated rings. The molecule has 8 nitrogen and oxygen atoms in total. The summed E-state index contributed by atoms with van der Waals surface area (Å²) in [6, 6.07) is 19.1. The molecule has 190 valence electrons. The van der Waals surface area contributed by atoms with Gasteiger partial charge in [0, 0.05) is 18.8 Å². The van der Waals surface area contributed by atoms with Crippen LogP contribution in [0.2, 0.25) is 0 Å². The van der Waals surface area contributed by atoms with Crippen molar-refractivity contribution < 1.29 is 27.1 Å². The minimum absolute atomic E-state index is 0.0268. The van der Waals surface area contributed by atoms with Crippen LogP contribution in [0.1, 0.15) is 19.4 Å². The second-order valence-corrected chi connectivity index (χ2v) is 9.63. The Kier molecular flexibility index (Phi) is 9.02. The van der Waals surface area contributed by atoms with E-state index in [1.807, 2.05) is 30.3 Å². The lowest BCUT2D eigenvalue weighted by Gasteiger charge is -2.28. The van der Waals surface area contributed by atoms with Gasteiger partial charge in [0.15, 0.2) is 6.61 Å². The molecule has 0 heterocycles. The van der Waals surface area contributed by atoms with Crippen molar-refractivity contribution in [3.63, 3.8) is 0 Å². The van der Waals surface area contributed by atoms with Gasteiger partial charge in [0.25, 0.3) is 15.9 Å². The molecule has 36 heavy (non-hydrogen) atoms. The predicted octanol–water partition coefficient (Wildman–Crippen LogP) is 3.56. The molecule has 0 saturated heterocycles. The van der Waals surface area contributed by atoms with E-state index < -0.39 is 27.8 Å². The average molecular weight is 514 g/mol. The fourth-order valence-corrected chi connectivity index (χ4v) is 4.42. The van der Waals surface area contributed by atoms with Crippen molar-refractivity contribution in [1.29, 1.82) is 0 Å². The number of sulfonamides is 1. The number of benzene rings is 3. The van der Waals surface area contributed by atoms with Gasteiger partial charge < -0.3 is 15.0 Å². The Labute approximate surface area is 210 Å². The van der Waals surface area contributed by atoms with Gasteiger partial charge in [0.2, 0.25) is 5.91 Å². The monoisotopic (exact) mass is 513 g/mol. The SMILES string of the molecule is CCNC(=O)C(C)N(Cc1ccccc1)C(=O)COc1ccc(S(=O)(=O)Nc2ccc(F)cc2)cc1. The maximum Gasteiger partial charge on any atom is 0.261 e. The van der Waals surface area contributed by atoms with Gasteiger partial charge in [-0.1, -0.05) is 30.3 Å². The zero-order valence-corrected chi connectivity index (χ0v) is 20.8. The first-order valence-electron chi connectivity index (χ1n) is 11.3. The number of hydrogen-bond acceptors (Lipinski definition) is 5. The summed E-state index contributed by atoms with van der Waals surface area (Å²) in [6.07, 6.45) is 0. The van der Waals surface area contributed by atoms with Crippen molar-refractivity contribution in [2.75, 3.05) is 17.9 Å². The van der Waals surface area contributed by atoms with E-state index in [2.05, 4.69) is 10.0 Å². The Balaban J connectivity index is 1.66. The van der Waals surface area contributed by atoms with Gasteiger partial charge in [0.05, 0.1) is 4.90 Å². The Hall–Kier alpha value is -3.92. The number of halogens is 1. The van der Waals surface area contributed by atoms with E-state index in [0.29, 0.717) is 6.54 Å². The molecule has 2 N–H and O–H groups in total. The van der Waals surface area contributed by atoms with Crippen molar-refractivity contribution in [2.24, 2.45) is 0 Å². The van der Waals surface area contributed by atoms with E-state index in [0.717, 1.165) is 17.7 Å². The van der Waals surface area contributed by atoms with E-state index in [4.69, 9.17) is 4.74 Å². The zero-order chi connectivity index (χ0) is 26.1. The summed E-state index contributed by atoms with van der Waals surface area (Å²) in [7, 11) is -3.90. The lowest BCUT2D eigenvalue weighted by atomic mass is 10.1. The summed E-state index contributed by atoms with van der Waals surface area (Å²) in [5.41, 5.74) is 1.09. The van der Waals surface area contributed by atoms with Crippen molar-refractivity contribution >= 4 is 27.5 Å². The van der Waals surface area contributed by atoms with Crippen LogP contribution in [0.3, 0.4) is 0 Å². The molecule has 0 radical (unpaired) electrons. The van der Waals surface area contributed by atoms with Crippen LogP contribution in [0.25, 0.3) is 0 Å². The number of amides is 2. The predicted molar refractivity (Wildman–Crippen MR) is 134 cm³/mol. The Morgan fingerprint density at radius 2 is 1.61 bits per heavy atom. The van der Waals surface area contributed by atoms with Crippen LogP contribution in [0.4, 0.5) is 10.1 Å². The number of hydrogen-bond donors (Lipinski definition) is 2. The van der Waals surface area contributed by atoms with Crippen LogP contribution >= 0.6 is 0 Å². The molecule has 1 atom stereocenters. The molecule has 10 heteroatoms. The third-order valence-corrected chi connectivity index (χ3v) is 6.70. The van der Waals surface area contributed by atoms with Crippen LogP contribution in [0, 0.1) is 5.82 Å². The number of anilines is 1. The summed E-state index contributed by atoms with van der Waals surface area (Å²) in [5.74, 6) is -0.858. The smallest absolute Gasteiger partial charge is 0.261 e. The Morgan fingerprint density at radius 1 is 0.972 bits per heavy atom. The number of nitrogens with zero attached hydrogens (tertiary/aromatic N) is 1. The van der Waals surface area contributed by atoms with E-state index in [-0.39, 0.29) is 35.4 Å². The third-order valence-electron chi connectivity index (χ3n) is 5.31. The van der Waals surface area contributed by atoms with Crippen LogP contribution < -0.4 is 14.8 Å². The lowest BCUT2D eigenvalue weighted by molar-refractivity contribution is -0.142. The van der Waals surface area contributed by atoms with Crippen molar-refractivity contribution in [3.8, 4) is 5.75 Å². The Bertz CT molecular complexity index is 1270. The highest BCUT2D eigenvalue weighted by atomic mass is 32.2. The first-order valence-corrected chi connectivity index (χ1v) is 12.8. The number of likely N-dealkylation sites (N-methyl/N-ethyl adjacent to an activating group) is 1. The maximum atomic E-state index is 13.1. The average Bonchev–Trinajstić information content (AvgIpc) is 2.87. The van der Waals surface area contributed by atoms with Crippen molar-refractivity contribution in [3.05, 3.63) is 90.2 Å². The minimum atomic E-state index is -3.90. The fourth-order valence-electron chi connectivity index (χ4n) is 3.36. The summed E-state index contributed by atoms with van der Waals surface area (Å²) < 4.78 is 46.2. The van der Waals surface area contributed by atoms with Crippen LogP contribution in [-0.4, -0.2) is 44.3 Å². The molecule has 3 aromatic rings. The van der Waals surface area contributed by atoms with Crippen molar-refractivity contribution in [2.45, 2.75) is 31.3 Å². The highest BCUT2D eigenvalue weighted by molar-refractivity contribution is 7.92. The minimum Gasteiger partial charge on any atom is -0.484 e. The van der Waals surface area contributed by atoms with E-state index in [1.165, 1.54) is 41.3 Å². The molecular formula is C26H28FN3O5S. The van der Waals surface area contributed by atoms with Gasteiger partial charge in [0.1, 0.15) is 17.6 Å². The third kappa shape index (κ3) is 7.29. The van der Waals surface area contributed by atoms with Gasteiger partial charge in [-0.25, -0.2) is 12.8 Å². The summed E-state index contributed by atoms with van der Waals surface area (Å²) in [6.45, 7) is 3.79. The summed E-state index contributed by atoms with van der Waals surface area (Å²) in [4.78, 5) is 26.8. The van der Waals surface area contributed by atoms with E-state index in [9.17, 15) is 22.4 Å². The number of carbonyl (C=O) groups is 2. The normalized spacial score (nSPS) is 11.9. The van der Waals surface area contributed by atoms with Crippen LogP contribution in [-0.2, 0) is 26.2 Å². The molecule has 3 aromatic carbocycles. The number of carbonyl (C=O) groups excluding carboxylic acids is 2. The number of ether oxygens (including phenoxy) is 1. The highest BCUT2D eigenvalue weighted by Gasteiger charge is 2.26.